The van der Waals surface area contributed by atoms with Crippen molar-refractivity contribution >= 4 is 5.84 Å². The van der Waals surface area contributed by atoms with Crippen LogP contribution in [0.25, 0.3) is 0 Å². The van der Waals surface area contributed by atoms with Crippen LogP contribution in [0.5, 0.6) is 5.75 Å². The van der Waals surface area contributed by atoms with Gasteiger partial charge in [0.1, 0.15) is 5.75 Å². The smallest absolute Gasteiger partial charge is 0.213 e. The van der Waals surface area contributed by atoms with Gasteiger partial charge in [0.05, 0.1) is 12.7 Å². The number of methoxy groups -OCH3 is 1. The molecule has 0 amide bonds. The summed E-state index contributed by atoms with van der Waals surface area (Å²) in [5, 5.41) is 18.8. The summed E-state index contributed by atoms with van der Waals surface area (Å²) in [6.07, 6.45) is 1.99. The molecule has 21 heavy (non-hydrogen) atoms. The maximum Gasteiger partial charge on any atom is 0.213 e. The largest absolute Gasteiger partial charge is 0.496 e. The van der Waals surface area contributed by atoms with Crippen LogP contribution in [0.4, 0.5) is 0 Å². The molecule has 8 heteroatoms. The minimum atomic E-state index is 0.0143. The van der Waals surface area contributed by atoms with Gasteiger partial charge in [-0.25, -0.2) is 0 Å². The third-order valence-electron chi connectivity index (χ3n) is 2.91. The van der Waals surface area contributed by atoms with E-state index in [1.807, 2.05) is 12.1 Å². The molecule has 0 aliphatic carbocycles. The van der Waals surface area contributed by atoms with Gasteiger partial charge in [-0.1, -0.05) is 16.4 Å². The molecule has 0 unspecified atom stereocenters. The van der Waals surface area contributed by atoms with Crippen molar-refractivity contribution in [2.24, 2.45) is 10.9 Å². The van der Waals surface area contributed by atoms with Crippen molar-refractivity contribution in [3.05, 3.63) is 41.5 Å². The van der Waals surface area contributed by atoms with E-state index in [2.05, 4.69) is 25.1 Å². The molecule has 0 saturated heterocycles. The predicted molar refractivity (Wildman–Crippen MR) is 75.2 cm³/mol. The van der Waals surface area contributed by atoms with E-state index in [9.17, 15) is 0 Å². The molecule has 1 heterocycles. The van der Waals surface area contributed by atoms with Crippen molar-refractivity contribution in [1.82, 2.24) is 15.5 Å². The van der Waals surface area contributed by atoms with Crippen LogP contribution in [0.1, 0.15) is 17.0 Å². The minimum absolute atomic E-state index is 0.0143. The standard InChI is InChI=1S/C13H17N5O3/c1-20-11-3-2-9(6-10(11)13(14)17-19)7-15-5-4-12-16-8-21-18-12/h2-3,6,8,15,19H,4-5,7H2,1H3,(H2,14,17). The van der Waals surface area contributed by atoms with E-state index in [0.29, 0.717) is 36.6 Å². The van der Waals surface area contributed by atoms with Gasteiger partial charge in [0.25, 0.3) is 0 Å². The highest BCUT2D eigenvalue weighted by molar-refractivity contribution is 5.99. The maximum absolute atomic E-state index is 8.79. The highest BCUT2D eigenvalue weighted by Gasteiger charge is 2.09. The Balaban J connectivity index is 1.94. The number of amidine groups is 1. The van der Waals surface area contributed by atoms with Gasteiger partial charge in [0, 0.05) is 19.5 Å². The summed E-state index contributed by atoms with van der Waals surface area (Å²) in [4.78, 5) is 3.94. The van der Waals surface area contributed by atoms with Crippen LogP contribution in [-0.2, 0) is 13.0 Å². The van der Waals surface area contributed by atoms with Crippen LogP contribution >= 0.6 is 0 Å². The van der Waals surface area contributed by atoms with Gasteiger partial charge in [0.15, 0.2) is 11.7 Å². The summed E-state index contributed by atoms with van der Waals surface area (Å²) in [5.74, 6) is 1.23. The fourth-order valence-electron chi connectivity index (χ4n) is 1.85. The second-order valence-electron chi connectivity index (χ2n) is 4.29. The second kappa shape index (κ2) is 7.25. The van der Waals surface area contributed by atoms with Crippen LogP contribution in [0.15, 0.2) is 34.3 Å². The van der Waals surface area contributed by atoms with Crippen molar-refractivity contribution < 1.29 is 14.5 Å². The SMILES string of the molecule is COc1ccc(CNCCc2ncon2)cc1/C(N)=N/O. The highest BCUT2D eigenvalue weighted by atomic mass is 16.5. The van der Waals surface area contributed by atoms with Gasteiger partial charge in [-0.3, -0.25) is 0 Å². The molecule has 1 aromatic heterocycles. The van der Waals surface area contributed by atoms with E-state index < -0.39 is 0 Å². The van der Waals surface area contributed by atoms with Crippen molar-refractivity contribution in [1.29, 1.82) is 0 Å². The summed E-state index contributed by atoms with van der Waals surface area (Å²) >= 11 is 0. The zero-order valence-corrected chi connectivity index (χ0v) is 11.6. The lowest BCUT2D eigenvalue weighted by Gasteiger charge is -2.10. The van der Waals surface area contributed by atoms with Crippen LogP contribution < -0.4 is 15.8 Å². The Labute approximate surface area is 121 Å². The Morgan fingerprint density at radius 2 is 2.38 bits per heavy atom. The lowest BCUT2D eigenvalue weighted by molar-refractivity contribution is 0.318. The Bertz CT molecular complexity index is 598. The molecular formula is C13H17N5O3. The van der Waals surface area contributed by atoms with E-state index in [1.165, 1.54) is 13.5 Å². The molecule has 0 atom stereocenters. The van der Waals surface area contributed by atoms with Crippen molar-refractivity contribution in [2.45, 2.75) is 13.0 Å². The number of hydrogen-bond acceptors (Lipinski definition) is 7. The molecule has 0 spiro atoms. The van der Waals surface area contributed by atoms with Gasteiger partial charge in [0.2, 0.25) is 6.39 Å². The van der Waals surface area contributed by atoms with E-state index in [1.54, 1.807) is 6.07 Å². The third kappa shape index (κ3) is 3.93. The Hall–Kier alpha value is -2.61. The number of ether oxygens (including phenoxy) is 1. The topological polar surface area (TPSA) is 119 Å². The lowest BCUT2D eigenvalue weighted by atomic mass is 10.1. The monoisotopic (exact) mass is 291 g/mol. The summed E-state index contributed by atoms with van der Waals surface area (Å²) in [6, 6.07) is 5.51. The molecule has 0 fully saturated rings. The van der Waals surface area contributed by atoms with E-state index >= 15 is 0 Å². The van der Waals surface area contributed by atoms with Crippen molar-refractivity contribution in [3.8, 4) is 5.75 Å². The molecule has 0 aliphatic rings. The first-order valence-corrected chi connectivity index (χ1v) is 6.35. The molecule has 2 aromatic rings. The third-order valence-corrected chi connectivity index (χ3v) is 2.91. The van der Waals surface area contributed by atoms with Gasteiger partial charge >= 0.3 is 0 Å². The fourth-order valence-corrected chi connectivity index (χ4v) is 1.85. The number of oxime groups is 1. The first-order valence-electron chi connectivity index (χ1n) is 6.35. The quantitative estimate of drug-likeness (QED) is 0.223. The van der Waals surface area contributed by atoms with Crippen molar-refractivity contribution in [2.75, 3.05) is 13.7 Å². The molecule has 8 nitrogen and oxygen atoms in total. The van der Waals surface area contributed by atoms with E-state index in [-0.39, 0.29) is 5.84 Å². The lowest BCUT2D eigenvalue weighted by Crippen LogP contribution is -2.19. The van der Waals surface area contributed by atoms with Crippen LogP contribution in [0.3, 0.4) is 0 Å². The van der Waals surface area contributed by atoms with Gasteiger partial charge in [-0.15, -0.1) is 0 Å². The summed E-state index contributed by atoms with van der Waals surface area (Å²) in [5.41, 5.74) is 7.18. The van der Waals surface area contributed by atoms with Crippen LogP contribution in [0, 0.1) is 0 Å². The number of aromatic nitrogens is 2. The molecular weight excluding hydrogens is 274 g/mol. The zero-order chi connectivity index (χ0) is 15.1. The number of nitrogens with zero attached hydrogens (tertiary/aromatic N) is 3. The number of benzene rings is 1. The minimum Gasteiger partial charge on any atom is -0.496 e. The normalized spacial score (nSPS) is 11.6. The highest BCUT2D eigenvalue weighted by Crippen LogP contribution is 2.19. The Morgan fingerprint density at radius 3 is 3.05 bits per heavy atom. The van der Waals surface area contributed by atoms with Gasteiger partial charge in [-0.2, -0.15) is 4.98 Å². The zero-order valence-electron chi connectivity index (χ0n) is 11.6. The Kier molecular flexibility index (Phi) is 5.10. The number of nitrogens with one attached hydrogen (secondary N) is 1. The van der Waals surface area contributed by atoms with E-state index in [0.717, 1.165) is 5.56 Å². The predicted octanol–water partition coefficient (Wildman–Crippen LogP) is 0.505. The molecule has 0 saturated carbocycles. The molecule has 0 aliphatic heterocycles. The van der Waals surface area contributed by atoms with Gasteiger partial charge in [-0.05, 0) is 17.7 Å². The maximum atomic E-state index is 8.79. The molecule has 0 radical (unpaired) electrons. The molecule has 0 bridgehead atoms. The summed E-state index contributed by atoms with van der Waals surface area (Å²) < 4.78 is 9.83. The summed E-state index contributed by atoms with van der Waals surface area (Å²) in [7, 11) is 1.53. The second-order valence-corrected chi connectivity index (χ2v) is 4.29. The molecule has 1 aromatic carbocycles. The van der Waals surface area contributed by atoms with Gasteiger partial charge < -0.3 is 25.5 Å². The summed E-state index contributed by atoms with van der Waals surface area (Å²) in [6.45, 7) is 1.35. The average molecular weight is 291 g/mol. The van der Waals surface area contributed by atoms with Crippen LogP contribution in [-0.4, -0.2) is 34.8 Å². The first-order chi connectivity index (χ1) is 10.2. The number of hydrogen-bond donors (Lipinski definition) is 3. The fraction of sp³-hybridized carbons (Fsp3) is 0.308. The molecule has 112 valence electrons. The molecule has 2 rings (SSSR count). The number of rotatable bonds is 7. The first kappa shape index (κ1) is 14.8. The Morgan fingerprint density at radius 1 is 1.52 bits per heavy atom. The number of nitrogens with two attached hydrogens (primary N) is 1. The van der Waals surface area contributed by atoms with E-state index in [4.69, 9.17) is 15.7 Å². The average Bonchev–Trinajstić information content (AvgIpc) is 3.04. The molecule has 4 N–H and O–H groups in total. The van der Waals surface area contributed by atoms with Crippen molar-refractivity contribution in [3.63, 3.8) is 0 Å². The van der Waals surface area contributed by atoms with Crippen LogP contribution in [0.2, 0.25) is 0 Å².